The lowest BCUT2D eigenvalue weighted by atomic mass is 9.84. The number of benzene rings is 19. The minimum Gasteiger partial charge on any atom is -0.0622 e. The molecule has 0 unspecified atom stereocenters. The summed E-state index contributed by atoms with van der Waals surface area (Å²) in [7, 11) is 0. The summed E-state index contributed by atoms with van der Waals surface area (Å²) in [6, 6.07) is 156. The fourth-order valence-electron chi connectivity index (χ4n) is 18.5. The molecule has 0 saturated heterocycles. The van der Waals surface area contributed by atoms with E-state index in [4.69, 9.17) is 0 Å². The molecule has 19 rings (SSSR count). The third-order valence-electron chi connectivity index (χ3n) is 23.9. The minimum absolute atomic E-state index is 1.21. The molecule has 0 radical (unpaired) electrons. The first-order valence-corrected chi connectivity index (χ1v) is 44.1. The normalized spacial score (nSPS) is 11.0. The molecular weight excluding hydrogens is 1510 g/mol. The van der Waals surface area contributed by atoms with Gasteiger partial charge in [-0.05, 0) is 334 Å². The van der Waals surface area contributed by atoms with Gasteiger partial charge in [0.1, 0.15) is 0 Å². The molecule has 0 atom stereocenters. The minimum atomic E-state index is 1.21. The molecule has 0 saturated carbocycles. The molecule has 0 aromatic heterocycles. The second kappa shape index (κ2) is 37.5. The van der Waals surface area contributed by atoms with E-state index in [0.29, 0.717) is 0 Å². The maximum Gasteiger partial charge on any atom is -0.00986 e. The summed E-state index contributed by atoms with van der Waals surface area (Å²) in [5.41, 5.74) is 54.9. The SMILES string of the molecule is Cc1cc(C)cc(-c2cccc(-c3cc(-c4ccccc4)c(-c4ccccc4)cc3-c3cccc(-c4cc(C)cc(C)c4)c3)c2)c1.Cc1cc(C)cc(-c2cccc(-c3cc(-c4ccccc4)cc(-c4cccc(-c5cc(C)cc(C)c5)c4)c3)c2)c1.Cc1cc(C)cc(-c2cccc(-c3ccc(-c4cccc(-c5cc(C)cc(C)c5)c4)c(-c4ccccc4)c3)c2)c1. The fraction of sp³-hybridized carbons (Fsp3) is 0.0952. The molecule has 19 aromatic rings. The van der Waals surface area contributed by atoms with Crippen LogP contribution in [0.3, 0.4) is 0 Å². The van der Waals surface area contributed by atoms with Gasteiger partial charge in [0.05, 0.1) is 0 Å². The lowest BCUT2D eigenvalue weighted by Gasteiger charge is -2.19. The van der Waals surface area contributed by atoms with Crippen molar-refractivity contribution in [1.29, 1.82) is 0 Å². The van der Waals surface area contributed by atoms with E-state index < -0.39 is 0 Å². The van der Waals surface area contributed by atoms with E-state index in [1.54, 1.807) is 0 Å². The van der Waals surface area contributed by atoms with Crippen LogP contribution in [0.1, 0.15) is 66.8 Å². The Labute approximate surface area is 747 Å². The summed E-state index contributed by atoms with van der Waals surface area (Å²) in [5.74, 6) is 0. The van der Waals surface area contributed by atoms with Gasteiger partial charge in [-0.2, -0.15) is 0 Å². The van der Waals surface area contributed by atoms with Gasteiger partial charge < -0.3 is 0 Å². The van der Waals surface area contributed by atoms with Crippen LogP contribution in [0.2, 0.25) is 0 Å². The van der Waals surface area contributed by atoms with E-state index in [-0.39, 0.29) is 0 Å². The Morgan fingerprint density at radius 1 is 0.0794 bits per heavy atom. The highest BCUT2D eigenvalue weighted by molar-refractivity contribution is 5.97. The van der Waals surface area contributed by atoms with Crippen molar-refractivity contribution >= 4 is 0 Å². The highest BCUT2D eigenvalue weighted by Gasteiger charge is 2.20. The van der Waals surface area contributed by atoms with Crippen LogP contribution in [0.25, 0.3) is 178 Å². The second-order valence-corrected chi connectivity index (χ2v) is 34.7. The molecule has 0 bridgehead atoms. The third kappa shape index (κ3) is 19.8. The molecule has 0 aliphatic heterocycles. The van der Waals surface area contributed by atoms with E-state index in [1.165, 1.54) is 245 Å². The van der Waals surface area contributed by atoms with Crippen LogP contribution < -0.4 is 0 Å². The van der Waals surface area contributed by atoms with Gasteiger partial charge in [0.25, 0.3) is 0 Å². The Bertz CT molecular complexity index is 6780. The van der Waals surface area contributed by atoms with Crippen molar-refractivity contribution in [3.05, 3.63) is 491 Å². The van der Waals surface area contributed by atoms with E-state index >= 15 is 0 Å². The van der Waals surface area contributed by atoms with Crippen LogP contribution in [0.15, 0.2) is 425 Å². The summed E-state index contributed by atoms with van der Waals surface area (Å²) in [4.78, 5) is 0. The van der Waals surface area contributed by atoms with Gasteiger partial charge in [-0.25, -0.2) is 0 Å². The summed E-state index contributed by atoms with van der Waals surface area (Å²) in [6.45, 7) is 26.1. The van der Waals surface area contributed by atoms with Gasteiger partial charge in [0, 0.05) is 0 Å². The zero-order valence-corrected chi connectivity index (χ0v) is 74.4. The molecule has 0 aliphatic carbocycles. The van der Waals surface area contributed by atoms with Gasteiger partial charge in [-0.15, -0.1) is 0 Å². The highest BCUT2D eigenvalue weighted by atomic mass is 14.2. The molecule has 0 aliphatic rings. The molecule has 0 fully saturated rings. The highest BCUT2D eigenvalue weighted by Crippen LogP contribution is 2.46. The van der Waals surface area contributed by atoms with Crippen molar-refractivity contribution in [2.75, 3.05) is 0 Å². The first-order chi connectivity index (χ1) is 61.2. The van der Waals surface area contributed by atoms with Crippen LogP contribution in [0.5, 0.6) is 0 Å². The summed E-state index contributed by atoms with van der Waals surface area (Å²) < 4.78 is 0. The quantitative estimate of drug-likeness (QED) is 0.0904. The summed E-state index contributed by atoms with van der Waals surface area (Å²) in [5, 5.41) is 0. The van der Waals surface area contributed by atoms with E-state index in [0.717, 1.165) is 0 Å². The van der Waals surface area contributed by atoms with Crippen molar-refractivity contribution in [3.63, 3.8) is 0 Å². The number of aryl methyl sites for hydroxylation is 12. The van der Waals surface area contributed by atoms with E-state index in [9.17, 15) is 0 Å². The number of hydrogen-bond donors (Lipinski definition) is 0. The molecule has 0 heteroatoms. The lowest BCUT2D eigenvalue weighted by molar-refractivity contribution is 1.38. The molecule has 0 heterocycles. The summed E-state index contributed by atoms with van der Waals surface area (Å²) >= 11 is 0. The van der Waals surface area contributed by atoms with Gasteiger partial charge in [0.2, 0.25) is 0 Å². The Morgan fingerprint density at radius 2 is 0.230 bits per heavy atom. The third-order valence-corrected chi connectivity index (χ3v) is 23.9. The zero-order valence-electron chi connectivity index (χ0n) is 74.4. The smallest absolute Gasteiger partial charge is 0.00986 e. The fourth-order valence-corrected chi connectivity index (χ4v) is 18.5. The largest absolute Gasteiger partial charge is 0.0622 e. The second-order valence-electron chi connectivity index (χ2n) is 34.7. The Hall–Kier alpha value is -14.8. The predicted molar refractivity (Wildman–Crippen MR) is 543 cm³/mol. The predicted octanol–water partition coefficient (Wildman–Crippen LogP) is 35.4. The molecule has 19 aromatic carbocycles. The van der Waals surface area contributed by atoms with Crippen LogP contribution in [-0.2, 0) is 0 Å². The van der Waals surface area contributed by atoms with Gasteiger partial charge in [0.15, 0.2) is 0 Å². The van der Waals surface area contributed by atoms with Gasteiger partial charge in [-0.1, -0.05) is 419 Å². The lowest BCUT2D eigenvalue weighted by Crippen LogP contribution is -1.93. The van der Waals surface area contributed by atoms with Gasteiger partial charge >= 0.3 is 0 Å². The maximum atomic E-state index is 2.41. The first kappa shape index (κ1) is 83.4. The Kier molecular flexibility index (Phi) is 24.8. The molecule has 0 amide bonds. The topological polar surface area (TPSA) is 0 Å². The molecule has 0 nitrogen and oxygen atoms in total. The molecular formula is C126H106. The van der Waals surface area contributed by atoms with Crippen molar-refractivity contribution in [3.8, 4) is 178 Å². The number of hydrogen-bond acceptors (Lipinski definition) is 0. The molecule has 610 valence electrons. The van der Waals surface area contributed by atoms with Crippen LogP contribution in [0.4, 0.5) is 0 Å². The van der Waals surface area contributed by atoms with E-state index in [1.807, 2.05) is 0 Å². The van der Waals surface area contributed by atoms with Gasteiger partial charge in [-0.3, -0.25) is 0 Å². The van der Waals surface area contributed by atoms with Crippen molar-refractivity contribution in [1.82, 2.24) is 0 Å². The molecule has 0 N–H and O–H groups in total. The van der Waals surface area contributed by atoms with Crippen molar-refractivity contribution in [2.24, 2.45) is 0 Å². The van der Waals surface area contributed by atoms with Crippen molar-refractivity contribution < 1.29 is 0 Å². The standard InChI is InChI=1S/C46H38.2C40H34/c1-31-21-32(2)24-41(23-31)37-17-11-19-39(27-37)45-29-43(35-13-7-5-8-14-35)44(36-15-9-6-10-16-36)30-46(45)40-20-12-18-38(28-40)42-25-33(3)22-34(4)26-42;1-27-16-28(2)19-36(18-27)32-12-8-14-34(22-32)39-24-38(31-10-6-5-7-11-31)25-40(26-39)35-15-9-13-33(23-35)37-20-29(3)17-30(4)21-37;1-27-18-28(2)21-37(20-27)33-13-8-12-32(24-33)35-16-17-39(40(26-35)31-10-6-5-7-11-31)36-15-9-14-34(25-36)38-22-29(3)19-30(4)23-38/h5-30H,1-4H3;2*5-26H,1-4H3. The number of rotatable bonds is 16. The average molecular weight is 1620 g/mol. The van der Waals surface area contributed by atoms with Crippen LogP contribution in [-0.4, -0.2) is 0 Å². The van der Waals surface area contributed by atoms with E-state index in [2.05, 4.69) is 508 Å². The van der Waals surface area contributed by atoms with Crippen LogP contribution in [0, 0.1) is 83.1 Å². The maximum absolute atomic E-state index is 2.41. The zero-order chi connectivity index (χ0) is 86.9. The molecule has 126 heavy (non-hydrogen) atoms. The summed E-state index contributed by atoms with van der Waals surface area (Å²) in [6.07, 6.45) is 0. The Balaban J connectivity index is 0.000000134. The van der Waals surface area contributed by atoms with Crippen LogP contribution >= 0.6 is 0 Å². The monoisotopic (exact) mass is 1620 g/mol. The average Bonchev–Trinajstić information content (AvgIpc) is 0.752. The van der Waals surface area contributed by atoms with Crippen molar-refractivity contribution in [2.45, 2.75) is 83.1 Å². The first-order valence-electron chi connectivity index (χ1n) is 44.1. The Morgan fingerprint density at radius 3 is 0.476 bits per heavy atom. The molecule has 0 spiro atoms.